The largest absolute Gasteiger partial charge is 0.436 e. The van der Waals surface area contributed by atoms with Crippen LogP contribution in [0, 0.1) is 0 Å². The molecule has 0 N–H and O–H groups in total. The SMILES string of the molecule is CC(C)(C)c1cc(-c2cccc(-c3ccc4ccccc4c3)c2)c2nc(-c3ccccc3N=Cc3cccc4ccccc34)oc2c1. The molecular formula is C44H34N2O. The Hall–Kier alpha value is -5.80. The van der Waals surface area contributed by atoms with Crippen molar-refractivity contribution < 1.29 is 4.42 Å². The summed E-state index contributed by atoms with van der Waals surface area (Å²) in [5.41, 5.74) is 9.98. The highest BCUT2D eigenvalue weighted by Crippen LogP contribution is 2.39. The molecule has 0 radical (unpaired) electrons. The van der Waals surface area contributed by atoms with Crippen molar-refractivity contribution in [2.45, 2.75) is 26.2 Å². The minimum Gasteiger partial charge on any atom is -0.436 e. The van der Waals surface area contributed by atoms with Crippen LogP contribution in [0.2, 0.25) is 0 Å². The summed E-state index contributed by atoms with van der Waals surface area (Å²) in [6.07, 6.45) is 1.94. The van der Waals surface area contributed by atoms with Crippen molar-refractivity contribution in [3.63, 3.8) is 0 Å². The van der Waals surface area contributed by atoms with E-state index in [2.05, 4.69) is 142 Å². The van der Waals surface area contributed by atoms with Crippen molar-refractivity contribution in [2.24, 2.45) is 4.99 Å². The predicted octanol–water partition coefficient (Wildman–Crippen LogP) is 12.2. The summed E-state index contributed by atoms with van der Waals surface area (Å²) >= 11 is 0. The summed E-state index contributed by atoms with van der Waals surface area (Å²) < 4.78 is 6.59. The Morgan fingerprint density at radius 3 is 2.15 bits per heavy atom. The van der Waals surface area contributed by atoms with Gasteiger partial charge in [-0.15, -0.1) is 0 Å². The third-order valence-electron chi connectivity index (χ3n) is 8.92. The van der Waals surface area contributed by atoms with E-state index in [-0.39, 0.29) is 5.41 Å². The van der Waals surface area contributed by atoms with Crippen LogP contribution in [0.4, 0.5) is 5.69 Å². The maximum absolute atomic E-state index is 6.59. The van der Waals surface area contributed by atoms with Crippen molar-refractivity contribution >= 4 is 44.5 Å². The van der Waals surface area contributed by atoms with E-state index >= 15 is 0 Å². The molecule has 1 heterocycles. The summed E-state index contributed by atoms with van der Waals surface area (Å²) in [5.74, 6) is 0.559. The van der Waals surface area contributed by atoms with Crippen LogP contribution in [-0.4, -0.2) is 11.2 Å². The zero-order valence-electron chi connectivity index (χ0n) is 26.7. The second-order valence-electron chi connectivity index (χ2n) is 13.1. The molecule has 1 aromatic heterocycles. The predicted molar refractivity (Wildman–Crippen MR) is 198 cm³/mol. The molecular weight excluding hydrogens is 572 g/mol. The van der Waals surface area contributed by atoms with Crippen molar-refractivity contribution in [1.82, 2.24) is 4.98 Å². The molecule has 0 atom stereocenters. The summed E-state index contributed by atoms with van der Waals surface area (Å²) in [6.45, 7) is 6.70. The molecule has 0 bridgehead atoms. The van der Waals surface area contributed by atoms with Crippen LogP contribution in [0.25, 0.3) is 66.4 Å². The lowest BCUT2D eigenvalue weighted by Crippen LogP contribution is -2.11. The van der Waals surface area contributed by atoms with E-state index in [4.69, 9.17) is 14.4 Å². The third-order valence-corrected chi connectivity index (χ3v) is 8.92. The van der Waals surface area contributed by atoms with Crippen molar-refractivity contribution in [3.05, 3.63) is 157 Å². The van der Waals surface area contributed by atoms with Gasteiger partial charge in [0.2, 0.25) is 5.89 Å². The number of oxazole rings is 1. The monoisotopic (exact) mass is 606 g/mol. The fraction of sp³-hybridized carbons (Fsp3) is 0.0909. The van der Waals surface area contributed by atoms with Crippen LogP contribution in [0.15, 0.2) is 155 Å². The number of rotatable bonds is 5. The standard InChI is InChI=1S/C44H34N2O/c1-44(2,3)36-26-39(34-17-11-16-32(25-34)33-23-22-29-12-4-5-14-31(29)24-33)42-41(27-36)47-43(46-42)38-20-8-9-21-40(38)45-28-35-18-10-15-30-13-6-7-19-37(30)35/h4-28H,1-3H3. The van der Waals surface area contributed by atoms with Crippen LogP contribution in [0.3, 0.4) is 0 Å². The Balaban J connectivity index is 1.24. The number of hydrogen-bond donors (Lipinski definition) is 0. The number of fused-ring (bicyclic) bond motifs is 3. The molecule has 47 heavy (non-hydrogen) atoms. The van der Waals surface area contributed by atoms with Crippen molar-refractivity contribution in [1.29, 1.82) is 0 Å². The summed E-state index contributed by atoms with van der Waals surface area (Å²) in [7, 11) is 0. The highest BCUT2D eigenvalue weighted by atomic mass is 16.3. The average molecular weight is 607 g/mol. The molecule has 0 saturated heterocycles. The smallest absolute Gasteiger partial charge is 0.229 e. The van der Waals surface area contributed by atoms with Crippen LogP contribution in [0.5, 0.6) is 0 Å². The lowest BCUT2D eigenvalue weighted by atomic mass is 9.84. The van der Waals surface area contributed by atoms with Gasteiger partial charge in [-0.05, 0) is 85.6 Å². The Kier molecular flexibility index (Phi) is 7.03. The third kappa shape index (κ3) is 5.51. The minimum atomic E-state index is -0.0769. The fourth-order valence-electron chi connectivity index (χ4n) is 6.30. The van der Waals surface area contributed by atoms with Crippen LogP contribution in [-0.2, 0) is 5.41 Å². The Morgan fingerprint density at radius 2 is 1.28 bits per heavy atom. The molecule has 0 aliphatic carbocycles. The van der Waals surface area contributed by atoms with E-state index in [1.54, 1.807) is 0 Å². The van der Waals surface area contributed by atoms with Crippen LogP contribution < -0.4 is 0 Å². The second kappa shape index (κ2) is 11.5. The molecule has 8 rings (SSSR count). The molecule has 0 unspecified atom stereocenters. The highest BCUT2D eigenvalue weighted by Gasteiger charge is 2.21. The second-order valence-corrected chi connectivity index (χ2v) is 13.1. The Labute approximate surface area is 274 Å². The molecule has 0 saturated carbocycles. The molecule has 8 aromatic rings. The normalized spacial score (nSPS) is 12.1. The van der Waals surface area contributed by atoms with E-state index in [1.807, 2.05) is 30.5 Å². The molecule has 0 spiro atoms. The topological polar surface area (TPSA) is 38.4 Å². The lowest BCUT2D eigenvalue weighted by Gasteiger charge is -2.20. The molecule has 0 fully saturated rings. The van der Waals surface area contributed by atoms with E-state index < -0.39 is 0 Å². The Bertz CT molecular complexity index is 2450. The van der Waals surface area contributed by atoms with Crippen LogP contribution in [0.1, 0.15) is 31.9 Å². The maximum Gasteiger partial charge on any atom is 0.229 e. The number of benzene rings is 7. The van der Waals surface area contributed by atoms with Gasteiger partial charge in [-0.25, -0.2) is 4.98 Å². The fourth-order valence-corrected chi connectivity index (χ4v) is 6.30. The molecule has 0 aliphatic heterocycles. The van der Waals surface area contributed by atoms with Gasteiger partial charge in [0.1, 0.15) is 5.52 Å². The van der Waals surface area contributed by atoms with Gasteiger partial charge < -0.3 is 4.42 Å². The van der Waals surface area contributed by atoms with Gasteiger partial charge in [0.15, 0.2) is 5.58 Å². The first-order valence-electron chi connectivity index (χ1n) is 16.1. The van der Waals surface area contributed by atoms with Gasteiger partial charge in [-0.1, -0.05) is 130 Å². The van der Waals surface area contributed by atoms with Gasteiger partial charge in [0, 0.05) is 17.3 Å². The van der Waals surface area contributed by atoms with Gasteiger partial charge >= 0.3 is 0 Å². The highest BCUT2D eigenvalue weighted by molar-refractivity contribution is 6.01. The number of aliphatic imine (C=N–C) groups is 1. The van der Waals surface area contributed by atoms with Gasteiger partial charge in [0.05, 0.1) is 11.3 Å². The van der Waals surface area contributed by atoms with Crippen LogP contribution >= 0.6 is 0 Å². The first-order valence-corrected chi connectivity index (χ1v) is 16.1. The van der Waals surface area contributed by atoms with E-state index in [1.165, 1.54) is 38.2 Å². The molecule has 3 heteroatoms. The number of nitrogens with zero attached hydrogens (tertiary/aromatic N) is 2. The first kappa shape index (κ1) is 28.7. The summed E-state index contributed by atoms with van der Waals surface area (Å²) in [5, 5.41) is 4.83. The Morgan fingerprint density at radius 1 is 0.574 bits per heavy atom. The zero-order valence-corrected chi connectivity index (χ0v) is 26.7. The van der Waals surface area contributed by atoms with Crippen molar-refractivity contribution in [2.75, 3.05) is 0 Å². The number of aromatic nitrogens is 1. The summed E-state index contributed by atoms with van der Waals surface area (Å²) in [6, 6.07) is 51.0. The average Bonchev–Trinajstić information content (AvgIpc) is 3.54. The lowest BCUT2D eigenvalue weighted by molar-refractivity contribution is 0.584. The maximum atomic E-state index is 6.59. The molecule has 0 amide bonds. The molecule has 0 aliphatic rings. The first-order chi connectivity index (χ1) is 22.9. The quantitative estimate of drug-likeness (QED) is 0.183. The zero-order chi connectivity index (χ0) is 32.0. The van der Waals surface area contributed by atoms with Gasteiger partial charge in [0.25, 0.3) is 0 Å². The van der Waals surface area contributed by atoms with Crippen molar-refractivity contribution in [3.8, 4) is 33.7 Å². The number of para-hydroxylation sites is 1. The molecule has 226 valence electrons. The molecule has 3 nitrogen and oxygen atoms in total. The molecule has 7 aromatic carbocycles. The number of hydrogen-bond acceptors (Lipinski definition) is 3. The van der Waals surface area contributed by atoms with E-state index in [9.17, 15) is 0 Å². The van der Waals surface area contributed by atoms with Gasteiger partial charge in [-0.3, -0.25) is 4.99 Å². The minimum absolute atomic E-state index is 0.0769. The van der Waals surface area contributed by atoms with E-state index in [0.29, 0.717) is 5.89 Å². The van der Waals surface area contributed by atoms with Gasteiger partial charge in [-0.2, -0.15) is 0 Å². The summed E-state index contributed by atoms with van der Waals surface area (Å²) in [4.78, 5) is 10.1. The van der Waals surface area contributed by atoms with E-state index in [0.717, 1.165) is 39.0 Å².